The van der Waals surface area contributed by atoms with E-state index in [0.717, 1.165) is 17.5 Å². The van der Waals surface area contributed by atoms with Gasteiger partial charge in [-0.2, -0.15) is 0 Å². The molecule has 18 heavy (non-hydrogen) atoms. The van der Waals surface area contributed by atoms with Crippen molar-refractivity contribution < 1.29 is 4.79 Å². The first-order valence-corrected chi connectivity index (χ1v) is 6.17. The molecule has 0 spiro atoms. The second-order valence-corrected chi connectivity index (χ2v) is 5.16. The lowest BCUT2D eigenvalue weighted by atomic mass is 9.99. The van der Waals surface area contributed by atoms with Crippen LogP contribution in [0.5, 0.6) is 0 Å². The predicted octanol–water partition coefficient (Wildman–Crippen LogP) is 2.82. The van der Waals surface area contributed by atoms with Crippen molar-refractivity contribution in [3.8, 4) is 0 Å². The first kappa shape index (κ1) is 12.6. The molecule has 2 rings (SSSR count). The topological polar surface area (TPSA) is 49.0 Å². The van der Waals surface area contributed by atoms with Gasteiger partial charge >= 0.3 is 0 Å². The molecule has 1 N–H and O–H groups in total. The van der Waals surface area contributed by atoms with Crippen LogP contribution in [0.15, 0.2) is 24.5 Å². The Morgan fingerprint density at radius 1 is 1.44 bits per heavy atom. The van der Waals surface area contributed by atoms with Crippen molar-refractivity contribution in [3.63, 3.8) is 0 Å². The Bertz CT molecular complexity index is 571. The van der Waals surface area contributed by atoms with Gasteiger partial charge in [-0.05, 0) is 38.5 Å². The van der Waals surface area contributed by atoms with Gasteiger partial charge in [0.2, 0.25) is 0 Å². The Morgan fingerprint density at radius 3 is 2.83 bits per heavy atom. The van der Waals surface area contributed by atoms with Crippen LogP contribution in [0, 0.1) is 0 Å². The molecular formula is C14H19N3O. The standard InChI is InChI=1S/C14H19N3O/c1-5-14(2,3)17(4)13(18)10-6-7-11-12(8-10)16-9-15-11/h6-9H,5H2,1-4H3,(H,15,16). The highest BCUT2D eigenvalue weighted by atomic mass is 16.2. The summed E-state index contributed by atoms with van der Waals surface area (Å²) in [4.78, 5) is 21.4. The second-order valence-electron chi connectivity index (χ2n) is 5.16. The van der Waals surface area contributed by atoms with E-state index in [1.54, 1.807) is 11.2 Å². The van der Waals surface area contributed by atoms with Crippen molar-refractivity contribution >= 4 is 16.9 Å². The van der Waals surface area contributed by atoms with E-state index in [-0.39, 0.29) is 11.4 Å². The van der Waals surface area contributed by atoms with Gasteiger partial charge in [0.15, 0.2) is 0 Å². The lowest BCUT2D eigenvalue weighted by Gasteiger charge is -2.34. The van der Waals surface area contributed by atoms with Gasteiger partial charge < -0.3 is 9.88 Å². The normalized spacial score (nSPS) is 11.8. The van der Waals surface area contributed by atoms with E-state index in [2.05, 4.69) is 30.7 Å². The first-order chi connectivity index (χ1) is 8.45. The molecule has 0 unspecified atom stereocenters. The van der Waals surface area contributed by atoms with Crippen LogP contribution in [0.4, 0.5) is 0 Å². The van der Waals surface area contributed by atoms with Crippen LogP contribution in [0.25, 0.3) is 11.0 Å². The van der Waals surface area contributed by atoms with Gasteiger partial charge in [0.25, 0.3) is 5.91 Å². The highest BCUT2D eigenvalue weighted by molar-refractivity contribution is 5.97. The average Bonchev–Trinajstić information content (AvgIpc) is 2.84. The number of carbonyl (C=O) groups is 1. The van der Waals surface area contributed by atoms with Crippen molar-refractivity contribution in [3.05, 3.63) is 30.1 Å². The van der Waals surface area contributed by atoms with E-state index >= 15 is 0 Å². The highest BCUT2D eigenvalue weighted by Crippen LogP contribution is 2.20. The average molecular weight is 245 g/mol. The van der Waals surface area contributed by atoms with Crippen LogP contribution in [-0.2, 0) is 0 Å². The van der Waals surface area contributed by atoms with Crippen molar-refractivity contribution in [1.29, 1.82) is 0 Å². The van der Waals surface area contributed by atoms with Gasteiger partial charge in [0.1, 0.15) is 0 Å². The summed E-state index contributed by atoms with van der Waals surface area (Å²) < 4.78 is 0. The molecule has 1 aromatic carbocycles. The summed E-state index contributed by atoms with van der Waals surface area (Å²) in [6.07, 6.45) is 2.56. The fraction of sp³-hybridized carbons (Fsp3) is 0.429. The summed E-state index contributed by atoms with van der Waals surface area (Å²) in [5, 5.41) is 0. The molecule has 1 aromatic heterocycles. The van der Waals surface area contributed by atoms with Crippen LogP contribution in [0.1, 0.15) is 37.6 Å². The third-order valence-electron chi connectivity index (χ3n) is 3.75. The number of hydrogen-bond acceptors (Lipinski definition) is 2. The number of amides is 1. The molecule has 0 fully saturated rings. The third-order valence-corrected chi connectivity index (χ3v) is 3.75. The molecule has 0 aliphatic carbocycles. The Morgan fingerprint density at radius 2 is 2.17 bits per heavy atom. The zero-order valence-corrected chi connectivity index (χ0v) is 11.3. The maximum absolute atomic E-state index is 12.4. The molecule has 96 valence electrons. The molecule has 0 aliphatic heterocycles. The number of aromatic amines is 1. The van der Waals surface area contributed by atoms with Gasteiger partial charge in [-0.15, -0.1) is 0 Å². The van der Waals surface area contributed by atoms with Gasteiger partial charge in [-0.25, -0.2) is 4.98 Å². The molecule has 1 heterocycles. The molecule has 0 aliphatic rings. The van der Waals surface area contributed by atoms with E-state index in [4.69, 9.17) is 0 Å². The minimum absolute atomic E-state index is 0.0401. The molecule has 4 heteroatoms. The SMILES string of the molecule is CCC(C)(C)N(C)C(=O)c1ccc2nc[nH]c2c1. The molecule has 0 saturated heterocycles. The van der Waals surface area contributed by atoms with E-state index in [1.807, 2.05) is 25.2 Å². The summed E-state index contributed by atoms with van der Waals surface area (Å²) in [6.45, 7) is 6.22. The van der Waals surface area contributed by atoms with Crippen LogP contribution < -0.4 is 0 Å². The first-order valence-electron chi connectivity index (χ1n) is 6.17. The lowest BCUT2D eigenvalue weighted by molar-refractivity contribution is 0.0620. The van der Waals surface area contributed by atoms with Crippen molar-refractivity contribution in [2.75, 3.05) is 7.05 Å². The van der Waals surface area contributed by atoms with Gasteiger partial charge in [-0.1, -0.05) is 6.92 Å². The van der Waals surface area contributed by atoms with Crippen LogP contribution in [-0.4, -0.2) is 33.4 Å². The number of nitrogens with one attached hydrogen (secondary N) is 1. The Kier molecular flexibility index (Phi) is 3.11. The monoisotopic (exact) mass is 245 g/mol. The predicted molar refractivity (Wildman–Crippen MR) is 72.6 cm³/mol. The number of fused-ring (bicyclic) bond motifs is 1. The summed E-state index contributed by atoms with van der Waals surface area (Å²) in [5.41, 5.74) is 2.32. The fourth-order valence-corrected chi connectivity index (χ4v) is 1.77. The maximum atomic E-state index is 12.4. The summed E-state index contributed by atoms with van der Waals surface area (Å²) >= 11 is 0. The Hall–Kier alpha value is -1.84. The molecule has 4 nitrogen and oxygen atoms in total. The minimum atomic E-state index is -0.139. The molecule has 1 amide bonds. The van der Waals surface area contributed by atoms with Crippen molar-refractivity contribution in [1.82, 2.24) is 14.9 Å². The Balaban J connectivity index is 2.33. The minimum Gasteiger partial charge on any atom is -0.345 e. The largest absolute Gasteiger partial charge is 0.345 e. The molecule has 2 aromatic rings. The molecule has 0 bridgehead atoms. The van der Waals surface area contributed by atoms with Crippen molar-refractivity contribution in [2.24, 2.45) is 0 Å². The van der Waals surface area contributed by atoms with Crippen LogP contribution in [0.2, 0.25) is 0 Å². The van der Waals surface area contributed by atoms with Gasteiger partial charge in [-0.3, -0.25) is 4.79 Å². The smallest absolute Gasteiger partial charge is 0.254 e. The van der Waals surface area contributed by atoms with E-state index in [9.17, 15) is 4.79 Å². The fourth-order valence-electron chi connectivity index (χ4n) is 1.77. The number of benzene rings is 1. The second kappa shape index (κ2) is 4.44. The number of nitrogens with zero attached hydrogens (tertiary/aromatic N) is 2. The number of rotatable bonds is 3. The molecular weight excluding hydrogens is 226 g/mol. The zero-order chi connectivity index (χ0) is 13.3. The van der Waals surface area contributed by atoms with Crippen LogP contribution in [0.3, 0.4) is 0 Å². The highest BCUT2D eigenvalue weighted by Gasteiger charge is 2.26. The van der Waals surface area contributed by atoms with E-state index < -0.39 is 0 Å². The number of hydrogen-bond donors (Lipinski definition) is 1. The van der Waals surface area contributed by atoms with Crippen LogP contribution >= 0.6 is 0 Å². The number of imidazole rings is 1. The van der Waals surface area contributed by atoms with Gasteiger partial charge in [0.05, 0.1) is 17.4 Å². The number of aromatic nitrogens is 2. The summed E-state index contributed by atoms with van der Waals surface area (Å²) in [5.74, 6) is 0.0401. The summed E-state index contributed by atoms with van der Waals surface area (Å²) in [7, 11) is 1.85. The zero-order valence-electron chi connectivity index (χ0n) is 11.3. The number of H-pyrrole nitrogens is 1. The van der Waals surface area contributed by atoms with Gasteiger partial charge in [0, 0.05) is 18.2 Å². The number of carbonyl (C=O) groups excluding carboxylic acids is 1. The van der Waals surface area contributed by atoms with Crippen molar-refractivity contribution in [2.45, 2.75) is 32.7 Å². The Labute approximate surface area is 107 Å². The quantitative estimate of drug-likeness (QED) is 0.904. The third kappa shape index (κ3) is 2.10. The molecule has 0 saturated carbocycles. The molecule has 0 radical (unpaired) electrons. The van der Waals surface area contributed by atoms with E-state index in [1.165, 1.54) is 0 Å². The lowest BCUT2D eigenvalue weighted by Crippen LogP contribution is -2.44. The van der Waals surface area contributed by atoms with E-state index in [0.29, 0.717) is 5.56 Å². The summed E-state index contributed by atoms with van der Waals surface area (Å²) in [6, 6.07) is 5.55. The molecule has 0 atom stereocenters. The maximum Gasteiger partial charge on any atom is 0.254 e.